The van der Waals surface area contributed by atoms with E-state index in [9.17, 15) is 0 Å². The van der Waals surface area contributed by atoms with Gasteiger partial charge in [-0.1, -0.05) is 36.4 Å². The van der Waals surface area contributed by atoms with Crippen LogP contribution in [0.1, 0.15) is 25.8 Å². The van der Waals surface area contributed by atoms with Gasteiger partial charge in [-0.25, -0.2) is 0 Å². The molecule has 1 nitrogen and oxygen atoms in total. The van der Waals surface area contributed by atoms with Gasteiger partial charge in [0.05, 0.1) is 12.2 Å². The van der Waals surface area contributed by atoms with Crippen molar-refractivity contribution in [3.05, 3.63) is 48.6 Å². The summed E-state index contributed by atoms with van der Waals surface area (Å²) in [5, 5.41) is 0. The van der Waals surface area contributed by atoms with E-state index in [0.717, 1.165) is 12.8 Å². The molecule has 0 saturated heterocycles. The van der Waals surface area contributed by atoms with Gasteiger partial charge in [-0.2, -0.15) is 0 Å². The van der Waals surface area contributed by atoms with Crippen molar-refractivity contribution in [2.24, 2.45) is 0 Å². The molecule has 0 N–H and O–H groups in total. The highest BCUT2D eigenvalue weighted by Crippen LogP contribution is 2.11. The summed E-state index contributed by atoms with van der Waals surface area (Å²) < 4.78 is 5.82. The smallest absolute Gasteiger partial charge is 0.0653 e. The summed E-state index contributed by atoms with van der Waals surface area (Å²) in [6.07, 6.45) is 4.33. The van der Waals surface area contributed by atoms with Crippen LogP contribution in [-0.4, -0.2) is 12.2 Å². The van der Waals surface area contributed by atoms with Gasteiger partial charge in [-0.3, -0.25) is 0 Å². The molecule has 0 spiro atoms. The molecule has 0 saturated carbocycles. The van der Waals surface area contributed by atoms with E-state index >= 15 is 0 Å². The van der Waals surface area contributed by atoms with Gasteiger partial charge in [-0.15, -0.1) is 6.58 Å². The maximum absolute atomic E-state index is 5.82. The molecular formula is C14H20O. The maximum atomic E-state index is 5.82. The van der Waals surface area contributed by atoms with Crippen molar-refractivity contribution in [1.82, 2.24) is 0 Å². The van der Waals surface area contributed by atoms with Crippen LogP contribution in [0.15, 0.2) is 43.0 Å². The van der Waals surface area contributed by atoms with Crippen molar-refractivity contribution in [1.29, 1.82) is 0 Å². The fraction of sp³-hybridized carbons (Fsp3) is 0.429. The highest BCUT2D eigenvalue weighted by molar-refractivity contribution is 5.15. The number of benzene rings is 1. The molecule has 0 heterocycles. The highest BCUT2D eigenvalue weighted by atomic mass is 16.5. The van der Waals surface area contributed by atoms with Crippen molar-refractivity contribution in [2.75, 3.05) is 0 Å². The van der Waals surface area contributed by atoms with E-state index in [1.807, 2.05) is 12.1 Å². The van der Waals surface area contributed by atoms with Crippen LogP contribution in [0.25, 0.3) is 0 Å². The summed E-state index contributed by atoms with van der Waals surface area (Å²) in [5.74, 6) is 0. The van der Waals surface area contributed by atoms with Crippen molar-refractivity contribution < 1.29 is 4.74 Å². The standard InChI is InChI=1S/C14H20O/c1-4-8-14(15-12(2)3)11-13-9-6-5-7-10-13/h4-7,9-10,12,14H,1,8,11H2,2-3H3. The Labute approximate surface area is 92.8 Å². The zero-order chi connectivity index (χ0) is 11.1. The summed E-state index contributed by atoms with van der Waals surface area (Å²) >= 11 is 0. The van der Waals surface area contributed by atoms with Crippen LogP contribution >= 0.6 is 0 Å². The topological polar surface area (TPSA) is 9.23 Å². The van der Waals surface area contributed by atoms with E-state index in [1.165, 1.54) is 5.56 Å². The lowest BCUT2D eigenvalue weighted by Crippen LogP contribution is -2.19. The predicted molar refractivity (Wildman–Crippen MR) is 65.0 cm³/mol. The Bertz CT molecular complexity index is 277. The van der Waals surface area contributed by atoms with Crippen molar-refractivity contribution in [3.63, 3.8) is 0 Å². The van der Waals surface area contributed by atoms with E-state index in [2.05, 4.69) is 44.7 Å². The number of hydrogen-bond donors (Lipinski definition) is 0. The average Bonchev–Trinajstić information content (AvgIpc) is 2.18. The van der Waals surface area contributed by atoms with Crippen molar-refractivity contribution >= 4 is 0 Å². The monoisotopic (exact) mass is 204 g/mol. The summed E-state index contributed by atoms with van der Waals surface area (Å²) in [6, 6.07) is 10.4. The van der Waals surface area contributed by atoms with E-state index < -0.39 is 0 Å². The third-order valence-electron chi connectivity index (χ3n) is 2.20. The molecule has 0 fully saturated rings. The Morgan fingerprint density at radius 3 is 2.47 bits per heavy atom. The SMILES string of the molecule is C=CCC(Cc1ccccc1)OC(C)C. The second-order valence-corrected chi connectivity index (χ2v) is 4.02. The van der Waals surface area contributed by atoms with Gasteiger partial charge in [0.2, 0.25) is 0 Å². The zero-order valence-corrected chi connectivity index (χ0v) is 9.65. The highest BCUT2D eigenvalue weighted by Gasteiger charge is 2.09. The fourth-order valence-corrected chi connectivity index (χ4v) is 1.63. The van der Waals surface area contributed by atoms with Crippen molar-refractivity contribution in [2.45, 2.75) is 38.9 Å². The molecule has 0 aliphatic heterocycles. The van der Waals surface area contributed by atoms with E-state index in [0.29, 0.717) is 0 Å². The molecule has 0 aliphatic rings. The first-order chi connectivity index (χ1) is 7.22. The van der Waals surface area contributed by atoms with Gasteiger partial charge >= 0.3 is 0 Å². The van der Waals surface area contributed by atoms with Crippen LogP contribution in [0, 0.1) is 0 Å². The Balaban J connectivity index is 2.54. The quantitative estimate of drug-likeness (QED) is 0.643. The van der Waals surface area contributed by atoms with Crippen LogP contribution < -0.4 is 0 Å². The van der Waals surface area contributed by atoms with Gasteiger partial charge < -0.3 is 4.74 Å². The Morgan fingerprint density at radius 2 is 1.93 bits per heavy atom. The lowest BCUT2D eigenvalue weighted by atomic mass is 10.1. The van der Waals surface area contributed by atoms with Gasteiger partial charge in [0, 0.05) is 0 Å². The van der Waals surface area contributed by atoms with Gasteiger partial charge in [0.15, 0.2) is 0 Å². The van der Waals surface area contributed by atoms with Gasteiger partial charge in [0.25, 0.3) is 0 Å². The van der Waals surface area contributed by atoms with Gasteiger partial charge in [0.1, 0.15) is 0 Å². The normalized spacial score (nSPS) is 12.7. The molecule has 1 aromatic rings. The number of hydrogen-bond acceptors (Lipinski definition) is 1. The largest absolute Gasteiger partial charge is 0.375 e. The molecule has 1 rings (SSSR count). The van der Waals surface area contributed by atoms with Crippen LogP contribution in [0.5, 0.6) is 0 Å². The fourth-order valence-electron chi connectivity index (χ4n) is 1.63. The van der Waals surface area contributed by atoms with Crippen molar-refractivity contribution in [3.8, 4) is 0 Å². The zero-order valence-electron chi connectivity index (χ0n) is 9.65. The lowest BCUT2D eigenvalue weighted by Gasteiger charge is -2.19. The van der Waals surface area contributed by atoms with E-state index in [-0.39, 0.29) is 12.2 Å². The first-order valence-corrected chi connectivity index (χ1v) is 5.52. The minimum Gasteiger partial charge on any atom is -0.375 e. The molecule has 15 heavy (non-hydrogen) atoms. The first kappa shape index (κ1) is 12.0. The molecular weight excluding hydrogens is 184 g/mol. The second kappa shape index (κ2) is 6.41. The molecule has 1 unspecified atom stereocenters. The van der Waals surface area contributed by atoms with E-state index in [4.69, 9.17) is 4.74 Å². The summed E-state index contributed by atoms with van der Waals surface area (Å²) in [7, 11) is 0. The maximum Gasteiger partial charge on any atom is 0.0653 e. The Hall–Kier alpha value is -1.08. The number of rotatable bonds is 6. The predicted octanol–water partition coefficient (Wildman–Crippen LogP) is 3.60. The molecule has 0 radical (unpaired) electrons. The number of ether oxygens (including phenoxy) is 1. The second-order valence-electron chi connectivity index (χ2n) is 4.02. The van der Waals surface area contributed by atoms with E-state index in [1.54, 1.807) is 0 Å². The lowest BCUT2D eigenvalue weighted by molar-refractivity contribution is 0.0103. The molecule has 1 atom stereocenters. The Morgan fingerprint density at radius 1 is 1.27 bits per heavy atom. The van der Waals surface area contributed by atoms with Crippen LogP contribution in [0.2, 0.25) is 0 Å². The summed E-state index contributed by atoms with van der Waals surface area (Å²) in [5.41, 5.74) is 1.32. The Kier molecular flexibility index (Phi) is 5.13. The van der Waals surface area contributed by atoms with Crippen LogP contribution in [0.4, 0.5) is 0 Å². The molecule has 0 aliphatic carbocycles. The minimum absolute atomic E-state index is 0.255. The molecule has 0 amide bonds. The van der Waals surface area contributed by atoms with Crippen LogP contribution in [-0.2, 0) is 11.2 Å². The molecule has 0 aromatic heterocycles. The molecule has 0 bridgehead atoms. The minimum atomic E-state index is 0.255. The average molecular weight is 204 g/mol. The first-order valence-electron chi connectivity index (χ1n) is 5.52. The third kappa shape index (κ3) is 4.80. The molecule has 82 valence electrons. The third-order valence-corrected chi connectivity index (χ3v) is 2.20. The van der Waals surface area contributed by atoms with Gasteiger partial charge in [-0.05, 0) is 32.3 Å². The summed E-state index contributed by atoms with van der Waals surface area (Å²) in [4.78, 5) is 0. The molecule has 1 heteroatoms. The molecule has 1 aromatic carbocycles. The van der Waals surface area contributed by atoms with Crippen LogP contribution in [0.3, 0.4) is 0 Å². The summed E-state index contributed by atoms with van der Waals surface area (Å²) in [6.45, 7) is 7.91.